The summed E-state index contributed by atoms with van der Waals surface area (Å²) in [4.78, 5) is 10.2. The molecule has 0 spiro atoms. The SMILES string of the molecule is CC1(CNc2cc(Cl)c(F)cc2[N+](=O)[O-])CCCO1. The molecule has 0 amide bonds. The van der Waals surface area contributed by atoms with Crippen molar-refractivity contribution in [3.63, 3.8) is 0 Å². The van der Waals surface area contributed by atoms with Crippen LogP contribution < -0.4 is 5.32 Å². The van der Waals surface area contributed by atoms with E-state index in [4.69, 9.17) is 16.3 Å². The predicted octanol–water partition coefficient (Wildman–Crippen LogP) is 3.37. The number of ether oxygens (including phenoxy) is 1. The molecule has 0 saturated carbocycles. The summed E-state index contributed by atoms with van der Waals surface area (Å²) in [5.74, 6) is -0.803. The largest absolute Gasteiger partial charge is 0.377 e. The van der Waals surface area contributed by atoms with Crippen molar-refractivity contribution in [1.82, 2.24) is 0 Å². The Bertz CT molecular complexity index is 504. The summed E-state index contributed by atoms with van der Waals surface area (Å²) in [6.45, 7) is 3.03. The minimum absolute atomic E-state index is 0.148. The van der Waals surface area contributed by atoms with E-state index in [0.29, 0.717) is 13.2 Å². The molecule has 1 aliphatic heterocycles. The Morgan fingerprint density at radius 1 is 1.63 bits per heavy atom. The van der Waals surface area contributed by atoms with Gasteiger partial charge in [-0.2, -0.15) is 0 Å². The van der Waals surface area contributed by atoms with E-state index in [1.165, 1.54) is 6.07 Å². The van der Waals surface area contributed by atoms with Crippen LogP contribution in [0.25, 0.3) is 0 Å². The molecule has 1 unspecified atom stereocenters. The molecule has 0 radical (unpaired) electrons. The van der Waals surface area contributed by atoms with Crippen LogP contribution in [0.3, 0.4) is 0 Å². The van der Waals surface area contributed by atoms with Gasteiger partial charge >= 0.3 is 0 Å². The quantitative estimate of drug-likeness (QED) is 0.681. The first-order valence-electron chi connectivity index (χ1n) is 5.92. The van der Waals surface area contributed by atoms with E-state index in [0.717, 1.165) is 18.9 Å². The highest BCUT2D eigenvalue weighted by molar-refractivity contribution is 6.31. The van der Waals surface area contributed by atoms with Crippen molar-refractivity contribution >= 4 is 23.0 Å². The van der Waals surface area contributed by atoms with E-state index in [1.807, 2.05) is 6.92 Å². The molecular formula is C12H14ClFN2O3. The average molecular weight is 289 g/mol. The first-order valence-corrected chi connectivity index (χ1v) is 6.30. The minimum Gasteiger partial charge on any atom is -0.377 e. The van der Waals surface area contributed by atoms with Crippen LogP contribution in [-0.4, -0.2) is 23.7 Å². The fourth-order valence-electron chi connectivity index (χ4n) is 2.09. The van der Waals surface area contributed by atoms with Crippen LogP contribution in [0.5, 0.6) is 0 Å². The third-order valence-electron chi connectivity index (χ3n) is 3.19. The van der Waals surface area contributed by atoms with Gasteiger partial charge in [0.25, 0.3) is 5.69 Å². The predicted molar refractivity (Wildman–Crippen MR) is 70.1 cm³/mol. The molecule has 1 aromatic rings. The van der Waals surface area contributed by atoms with Gasteiger partial charge in [-0.15, -0.1) is 0 Å². The molecule has 7 heteroatoms. The highest BCUT2D eigenvalue weighted by Crippen LogP contribution is 2.32. The maximum absolute atomic E-state index is 13.2. The van der Waals surface area contributed by atoms with Crippen molar-refractivity contribution in [3.8, 4) is 0 Å². The Labute approximate surface area is 114 Å². The van der Waals surface area contributed by atoms with Crippen LogP contribution in [0.1, 0.15) is 19.8 Å². The Balaban J connectivity index is 2.19. The first-order chi connectivity index (χ1) is 8.91. The fraction of sp³-hybridized carbons (Fsp3) is 0.500. The lowest BCUT2D eigenvalue weighted by Crippen LogP contribution is -2.32. The molecular weight excluding hydrogens is 275 g/mol. The summed E-state index contributed by atoms with van der Waals surface area (Å²) < 4.78 is 18.8. The van der Waals surface area contributed by atoms with Gasteiger partial charge in [0.1, 0.15) is 11.5 Å². The molecule has 1 atom stereocenters. The summed E-state index contributed by atoms with van der Waals surface area (Å²) in [7, 11) is 0. The van der Waals surface area contributed by atoms with Gasteiger partial charge < -0.3 is 10.1 Å². The van der Waals surface area contributed by atoms with Gasteiger partial charge in [0.15, 0.2) is 0 Å². The third kappa shape index (κ3) is 3.13. The lowest BCUT2D eigenvalue weighted by Gasteiger charge is -2.24. The molecule has 0 aromatic heterocycles. The Kier molecular flexibility index (Phi) is 3.91. The Morgan fingerprint density at radius 2 is 2.37 bits per heavy atom. The minimum atomic E-state index is -0.803. The number of nitrogens with one attached hydrogen (secondary N) is 1. The molecule has 1 saturated heterocycles. The Hall–Kier alpha value is -1.40. The number of hydrogen-bond acceptors (Lipinski definition) is 4. The second-order valence-electron chi connectivity index (χ2n) is 4.80. The van der Waals surface area contributed by atoms with Crippen LogP contribution in [0.15, 0.2) is 12.1 Å². The molecule has 1 aliphatic rings. The summed E-state index contributed by atoms with van der Waals surface area (Å²) in [5.41, 5.74) is -0.481. The third-order valence-corrected chi connectivity index (χ3v) is 3.48. The van der Waals surface area contributed by atoms with E-state index in [-0.39, 0.29) is 22.0 Å². The van der Waals surface area contributed by atoms with Gasteiger partial charge in [-0.3, -0.25) is 10.1 Å². The van der Waals surface area contributed by atoms with Crippen molar-refractivity contribution in [2.45, 2.75) is 25.4 Å². The molecule has 1 N–H and O–H groups in total. The average Bonchev–Trinajstić information content (AvgIpc) is 2.77. The van der Waals surface area contributed by atoms with Gasteiger partial charge in [0.05, 0.1) is 21.6 Å². The standard InChI is InChI=1S/C12H14ClFN2O3/c1-12(3-2-4-19-12)7-15-10-5-8(13)9(14)6-11(10)16(17)18/h5-6,15H,2-4,7H2,1H3. The van der Waals surface area contributed by atoms with Crippen LogP contribution in [0, 0.1) is 15.9 Å². The van der Waals surface area contributed by atoms with Crippen LogP contribution in [0.2, 0.25) is 5.02 Å². The molecule has 1 fully saturated rings. The normalized spacial score (nSPS) is 22.5. The van der Waals surface area contributed by atoms with E-state index in [9.17, 15) is 14.5 Å². The molecule has 19 heavy (non-hydrogen) atoms. The molecule has 0 aliphatic carbocycles. The molecule has 0 bridgehead atoms. The number of rotatable bonds is 4. The summed E-state index contributed by atoms with van der Waals surface area (Å²) in [5, 5.41) is 13.7. The maximum Gasteiger partial charge on any atom is 0.295 e. The number of nitro benzene ring substituents is 1. The highest BCUT2D eigenvalue weighted by Gasteiger charge is 2.30. The molecule has 2 rings (SSSR count). The van der Waals surface area contributed by atoms with Crippen molar-refractivity contribution in [2.24, 2.45) is 0 Å². The number of anilines is 1. The van der Waals surface area contributed by atoms with Crippen molar-refractivity contribution < 1.29 is 14.1 Å². The number of nitrogens with zero attached hydrogens (tertiary/aromatic N) is 1. The van der Waals surface area contributed by atoms with E-state index < -0.39 is 10.7 Å². The zero-order valence-electron chi connectivity index (χ0n) is 10.4. The molecule has 1 aromatic carbocycles. The zero-order valence-corrected chi connectivity index (χ0v) is 11.2. The lowest BCUT2D eigenvalue weighted by atomic mass is 10.0. The van der Waals surface area contributed by atoms with Crippen LogP contribution in [0.4, 0.5) is 15.8 Å². The summed E-state index contributed by atoms with van der Waals surface area (Å²) >= 11 is 5.65. The van der Waals surface area contributed by atoms with E-state index in [2.05, 4.69) is 5.32 Å². The number of nitro groups is 1. The van der Waals surface area contributed by atoms with Gasteiger partial charge in [-0.25, -0.2) is 4.39 Å². The Morgan fingerprint density at radius 3 is 2.95 bits per heavy atom. The van der Waals surface area contributed by atoms with Crippen molar-refractivity contribution in [2.75, 3.05) is 18.5 Å². The highest BCUT2D eigenvalue weighted by atomic mass is 35.5. The van der Waals surface area contributed by atoms with Gasteiger partial charge in [0, 0.05) is 13.2 Å². The molecule has 1 heterocycles. The number of hydrogen-bond donors (Lipinski definition) is 1. The van der Waals surface area contributed by atoms with Gasteiger partial charge in [0.2, 0.25) is 0 Å². The zero-order chi connectivity index (χ0) is 14.0. The number of benzene rings is 1. The van der Waals surface area contributed by atoms with Crippen molar-refractivity contribution in [3.05, 3.63) is 33.1 Å². The lowest BCUT2D eigenvalue weighted by molar-refractivity contribution is -0.384. The molecule has 104 valence electrons. The van der Waals surface area contributed by atoms with Crippen LogP contribution >= 0.6 is 11.6 Å². The number of halogens is 2. The van der Waals surface area contributed by atoms with Gasteiger partial charge in [-0.1, -0.05) is 11.6 Å². The van der Waals surface area contributed by atoms with E-state index in [1.54, 1.807) is 0 Å². The maximum atomic E-state index is 13.2. The van der Waals surface area contributed by atoms with E-state index >= 15 is 0 Å². The van der Waals surface area contributed by atoms with Crippen LogP contribution in [-0.2, 0) is 4.74 Å². The second kappa shape index (κ2) is 5.30. The topological polar surface area (TPSA) is 64.4 Å². The fourth-order valence-corrected chi connectivity index (χ4v) is 2.25. The smallest absolute Gasteiger partial charge is 0.295 e. The monoisotopic (exact) mass is 288 g/mol. The first kappa shape index (κ1) is 14.0. The van der Waals surface area contributed by atoms with Gasteiger partial charge in [-0.05, 0) is 25.8 Å². The second-order valence-corrected chi connectivity index (χ2v) is 5.20. The summed E-state index contributed by atoms with van der Waals surface area (Å²) in [6, 6.07) is 2.05. The van der Waals surface area contributed by atoms with Crippen molar-refractivity contribution in [1.29, 1.82) is 0 Å². The molecule has 5 nitrogen and oxygen atoms in total. The summed E-state index contributed by atoms with van der Waals surface area (Å²) in [6.07, 6.45) is 1.84.